The molecule has 0 aliphatic heterocycles. The lowest BCUT2D eigenvalue weighted by molar-refractivity contribution is 0.0946. The van der Waals surface area contributed by atoms with Gasteiger partial charge >= 0.3 is 0 Å². The summed E-state index contributed by atoms with van der Waals surface area (Å²) in [7, 11) is 1.85. The van der Waals surface area contributed by atoms with E-state index in [1.807, 2.05) is 26.1 Å². The van der Waals surface area contributed by atoms with Gasteiger partial charge < -0.3 is 14.6 Å². The van der Waals surface area contributed by atoms with Gasteiger partial charge in [-0.05, 0) is 30.7 Å². The molecule has 0 aliphatic rings. The minimum Gasteiger partial charge on any atom is -0.489 e. The van der Waals surface area contributed by atoms with Gasteiger partial charge in [-0.25, -0.2) is 9.37 Å². The number of halogens is 1. The summed E-state index contributed by atoms with van der Waals surface area (Å²) in [6.45, 7) is 2.40. The second kappa shape index (κ2) is 7.82. The Morgan fingerprint density at radius 1 is 1.19 bits per heavy atom. The van der Waals surface area contributed by atoms with Crippen LogP contribution >= 0.6 is 0 Å². The Labute approximate surface area is 151 Å². The maximum atomic E-state index is 13.6. The molecule has 26 heavy (non-hydrogen) atoms. The molecule has 0 atom stereocenters. The first-order chi connectivity index (χ1) is 12.5. The molecule has 134 valence electrons. The number of aryl methyl sites for hydroxylation is 2. The first-order valence-electron chi connectivity index (χ1n) is 8.26. The van der Waals surface area contributed by atoms with Crippen molar-refractivity contribution in [3.8, 4) is 5.75 Å². The zero-order valence-electron chi connectivity index (χ0n) is 14.7. The SMILES string of the molecule is Cc1nc(C(=O)NCc2ccc(OCc3ccccc3F)cc2)cn1C. The molecule has 1 N–H and O–H groups in total. The van der Waals surface area contributed by atoms with Crippen molar-refractivity contribution in [3.63, 3.8) is 0 Å². The Bertz CT molecular complexity index is 884. The standard InChI is InChI=1S/C20H20FN3O2/c1-14-23-19(12-24(14)2)20(25)22-11-15-7-9-17(10-8-15)26-13-16-5-3-4-6-18(16)21/h3-10,12H,11,13H2,1-2H3,(H,22,25). The van der Waals surface area contributed by atoms with Crippen molar-refractivity contribution in [2.45, 2.75) is 20.1 Å². The normalized spacial score (nSPS) is 10.6. The van der Waals surface area contributed by atoms with Crippen LogP contribution < -0.4 is 10.1 Å². The minimum atomic E-state index is -0.281. The molecular formula is C20H20FN3O2. The van der Waals surface area contributed by atoms with Crippen LogP contribution in [0.15, 0.2) is 54.7 Å². The third-order valence-corrected chi connectivity index (χ3v) is 4.07. The molecule has 3 rings (SSSR count). The lowest BCUT2D eigenvalue weighted by atomic mass is 10.2. The third kappa shape index (κ3) is 4.27. The smallest absolute Gasteiger partial charge is 0.271 e. The van der Waals surface area contributed by atoms with E-state index in [-0.39, 0.29) is 18.3 Å². The van der Waals surface area contributed by atoms with Crippen molar-refractivity contribution >= 4 is 5.91 Å². The number of carbonyl (C=O) groups excluding carboxylic acids is 1. The van der Waals surface area contributed by atoms with E-state index in [2.05, 4.69) is 10.3 Å². The van der Waals surface area contributed by atoms with E-state index in [1.165, 1.54) is 6.07 Å². The molecule has 0 radical (unpaired) electrons. The summed E-state index contributed by atoms with van der Waals surface area (Å²) in [5.74, 6) is 0.931. The molecule has 0 bridgehead atoms. The zero-order valence-corrected chi connectivity index (χ0v) is 14.7. The van der Waals surface area contributed by atoms with E-state index in [9.17, 15) is 9.18 Å². The van der Waals surface area contributed by atoms with Crippen LogP contribution in [0, 0.1) is 12.7 Å². The molecule has 0 spiro atoms. The Morgan fingerprint density at radius 3 is 2.58 bits per heavy atom. The van der Waals surface area contributed by atoms with Crippen LogP contribution in [-0.2, 0) is 20.2 Å². The Hall–Kier alpha value is -3.15. The first kappa shape index (κ1) is 17.7. The monoisotopic (exact) mass is 353 g/mol. The quantitative estimate of drug-likeness (QED) is 0.739. The van der Waals surface area contributed by atoms with Gasteiger partial charge in [-0.1, -0.05) is 30.3 Å². The molecule has 0 fully saturated rings. The van der Waals surface area contributed by atoms with Gasteiger partial charge in [0, 0.05) is 25.4 Å². The Kier molecular flexibility index (Phi) is 5.31. The average molecular weight is 353 g/mol. The number of nitrogens with zero attached hydrogens (tertiary/aromatic N) is 2. The molecule has 1 aromatic heterocycles. The number of benzene rings is 2. The van der Waals surface area contributed by atoms with Crippen molar-refractivity contribution in [1.82, 2.24) is 14.9 Å². The molecule has 6 heteroatoms. The zero-order chi connectivity index (χ0) is 18.5. The molecule has 5 nitrogen and oxygen atoms in total. The summed E-state index contributed by atoms with van der Waals surface area (Å²) >= 11 is 0. The van der Waals surface area contributed by atoms with Crippen LogP contribution in [0.25, 0.3) is 0 Å². The molecule has 0 aliphatic carbocycles. The topological polar surface area (TPSA) is 56.1 Å². The predicted molar refractivity (Wildman–Crippen MR) is 96.3 cm³/mol. The highest BCUT2D eigenvalue weighted by atomic mass is 19.1. The number of rotatable bonds is 6. The van der Waals surface area contributed by atoms with E-state index in [1.54, 1.807) is 41.1 Å². The molecule has 1 heterocycles. The number of amides is 1. The van der Waals surface area contributed by atoms with Gasteiger partial charge in [0.25, 0.3) is 5.91 Å². The van der Waals surface area contributed by atoms with Crippen LogP contribution in [0.2, 0.25) is 0 Å². The summed E-state index contributed by atoms with van der Waals surface area (Å²) < 4.78 is 21.0. The minimum absolute atomic E-state index is 0.168. The largest absolute Gasteiger partial charge is 0.489 e. The molecule has 2 aromatic carbocycles. The van der Waals surface area contributed by atoms with Crippen LogP contribution in [0.3, 0.4) is 0 Å². The fourth-order valence-corrected chi connectivity index (χ4v) is 2.42. The number of carbonyl (C=O) groups is 1. The highest BCUT2D eigenvalue weighted by Crippen LogP contribution is 2.15. The van der Waals surface area contributed by atoms with Crippen molar-refractivity contribution in [1.29, 1.82) is 0 Å². The summed E-state index contributed by atoms with van der Waals surface area (Å²) in [6, 6.07) is 13.8. The van der Waals surface area contributed by atoms with Crippen LogP contribution in [0.1, 0.15) is 27.4 Å². The van der Waals surface area contributed by atoms with Crippen molar-refractivity contribution < 1.29 is 13.9 Å². The second-order valence-corrected chi connectivity index (χ2v) is 5.99. The van der Waals surface area contributed by atoms with E-state index in [0.29, 0.717) is 23.6 Å². The van der Waals surface area contributed by atoms with Crippen LogP contribution in [-0.4, -0.2) is 15.5 Å². The fraction of sp³-hybridized carbons (Fsp3) is 0.200. The first-order valence-corrected chi connectivity index (χ1v) is 8.26. The molecule has 1 amide bonds. The van der Waals surface area contributed by atoms with E-state index in [0.717, 1.165) is 11.4 Å². The molecule has 0 saturated carbocycles. The number of ether oxygens (including phenoxy) is 1. The number of hydrogen-bond acceptors (Lipinski definition) is 3. The van der Waals surface area contributed by atoms with Gasteiger partial charge in [-0.2, -0.15) is 0 Å². The molecule has 0 saturated heterocycles. The summed E-state index contributed by atoms with van der Waals surface area (Å²) in [5.41, 5.74) is 1.84. The number of nitrogens with one attached hydrogen (secondary N) is 1. The van der Waals surface area contributed by atoms with Crippen molar-refractivity contribution in [2.24, 2.45) is 7.05 Å². The Balaban J connectivity index is 1.53. The van der Waals surface area contributed by atoms with Gasteiger partial charge in [-0.3, -0.25) is 4.79 Å². The summed E-state index contributed by atoms with van der Waals surface area (Å²) in [4.78, 5) is 16.3. The van der Waals surface area contributed by atoms with Gasteiger partial charge in [0.15, 0.2) is 0 Å². The maximum absolute atomic E-state index is 13.6. The van der Waals surface area contributed by atoms with Gasteiger partial charge in [-0.15, -0.1) is 0 Å². The number of aromatic nitrogens is 2. The maximum Gasteiger partial charge on any atom is 0.271 e. The molecular weight excluding hydrogens is 333 g/mol. The number of hydrogen-bond donors (Lipinski definition) is 1. The van der Waals surface area contributed by atoms with Gasteiger partial charge in [0.05, 0.1) is 0 Å². The fourth-order valence-electron chi connectivity index (χ4n) is 2.42. The van der Waals surface area contributed by atoms with Crippen molar-refractivity contribution in [2.75, 3.05) is 0 Å². The summed E-state index contributed by atoms with van der Waals surface area (Å²) in [6.07, 6.45) is 1.70. The van der Waals surface area contributed by atoms with Gasteiger partial charge in [0.1, 0.15) is 29.7 Å². The van der Waals surface area contributed by atoms with E-state index >= 15 is 0 Å². The second-order valence-electron chi connectivity index (χ2n) is 5.99. The molecule has 3 aromatic rings. The highest BCUT2D eigenvalue weighted by Gasteiger charge is 2.10. The third-order valence-electron chi connectivity index (χ3n) is 4.07. The van der Waals surface area contributed by atoms with Crippen LogP contribution in [0.5, 0.6) is 5.75 Å². The van der Waals surface area contributed by atoms with Crippen molar-refractivity contribution in [3.05, 3.63) is 83.2 Å². The summed E-state index contributed by atoms with van der Waals surface area (Å²) in [5, 5.41) is 2.84. The lowest BCUT2D eigenvalue weighted by Gasteiger charge is -2.08. The van der Waals surface area contributed by atoms with Gasteiger partial charge in [0.2, 0.25) is 0 Å². The average Bonchev–Trinajstić information content (AvgIpc) is 2.99. The van der Waals surface area contributed by atoms with E-state index in [4.69, 9.17) is 4.74 Å². The predicted octanol–water partition coefficient (Wildman–Crippen LogP) is 3.38. The number of imidazole rings is 1. The lowest BCUT2D eigenvalue weighted by Crippen LogP contribution is -2.23. The molecule has 0 unspecified atom stereocenters. The van der Waals surface area contributed by atoms with Crippen LogP contribution in [0.4, 0.5) is 4.39 Å². The van der Waals surface area contributed by atoms with E-state index < -0.39 is 0 Å². The highest BCUT2D eigenvalue weighted by molar-refractivity contribution is 5.92. The Morgan fingerprint density at radius 2 is 1.92 bits per heavy atom.